The molecule has 0 spiro atoms. The SMILES string of the molecule is Cc1ccc(S(=O)(=O)C/N=[SH](=O)\Cl)cc1. The Morgan fingerprint density at radius 3 is 2.33 bits per heavy atom. The molecule has 1 aromatic rings. The molecule has 4 nitrogen and oxygen atoms in total. The summed E-state index contributed by atoms with van der Waals surface area (Å²) in [5.41, 5.74) is 0.967. The van der Waals surface area contributed by atoms with Crippen LogP contribution < -0.4 is 0 Å². The van der Waals surface area contributed by atoms with Crippen LogP contribution in [-0.2, 0) is 19.6 Å². The molecular weight excluding hydrogens is 258 g/mol. The van der Waals surface area contributed by atoms with Crippen LogP contribution in [0.3, 0.4) is 0 Å². The lowest BCUT2D eigenvalue weighted by atomic mass is 10.2. The van der Waals surface area contributed by atoms with Gasteiger partial charge in [-0.15, -0.1) is 0 Å². The number of thiol groups is 1. The van der Waals surface area contributed by atoms with E-state index in [2.05, 4.69) is 4.36 Å². The van der Waals surface area contributed by atoms with Gasteiger partial charge >= 0.3 is 0 Å². The molecule has 0 aliphatic rings. The molecule has 15 heavy (non-hydrogen) atoms. The Morgan fingerprint density at radius 1 is 1.33 bits per heavy atom. The number of hydrogen-bond donors (Lipinski definition) is 1. The van der Waals surface area contributed by atoms with Crippen LogP contribution >= 0.6 is 10.7 Å². The molecule has 0 heterocycles. The first kappa shape index (κ1) is 12.5. The lowest BCUT2D eigenvalue weighted by Crippen LogP contribution is -2.04. The first-order chi connectivity index (χ1) is 6.92. The van der Waals surface area contributed by atoms with Gasteiger partial charge < -0.3 is 0 Å². The van der Waals surface area contributed by atoms with Gasteiger partial charge in [-0.1, -0.05) is 17.7 Å². The van der Waals surface area contributed by atoms with Gasteiger partial charge in [0.15, 0.2) is 15.7 Å². The van der Waals surface area contributed by atoms with Gasteiger partial charge in [-0.05, 0) is 29.7 Å². The molecule has 0 aliphatic carbocycles. The Labute approximate surface area is 94.9 Å². The van der Waals surface area contributed by atoms with Crippen molar-refractivity contribution in [2.75, 3.05) is 5.88 Å². The zero-order valence-corrected chi connectivity index (χ0v) is 10.4. The highest BCUT2D eigenvalue weighted by atomic mass is 35.7. The maximum Gasteiger partial charge on any atom is 0.199 e. The fourth-order valence-corrected chi connectivity index (χ4v) is 3.01. The minimum atomic E-state index is -3.51. The van der Waals surface area contributed by atoms with Crippen LogP contribution in [0.2, 0.25) is 0 Å². The fourth-order valence-electron chi connectivity index (χ4n) is 0.942. The molecule has 0 N–H and O–H groups in total. The lowest BCUT2D eigenvalue weighted by molar-refractivity contribution is 0.596. The average Bonchev–Trinajstić information content (AvgIpc) is 2.16. The van der Waals surface area contributed by atoms with Crippen molar-refractivity contribution in [3.63, 3.8) is 0 Å². The van der Waals surface area contributed by atoms with E-state index in [9.17, 15) is 12.6 Å². The molecule has 0 aliphatic heterocycles. The summed E-state index contributed by atoms with van der Waals surface area (Å²) in [7, 11) is -0.726. The Kier molecular flexibility index (Phi) is 4.12. The highest BCUT2D eigenvalue weighted by Gasteiger charge is 2.12. The summed E-state index contributed by atoms with van der Waals surface area (Å²) in [5.74, 6) is -0.547. The largest absolute Gasteiger partial charge is 0.237 e. The van der Waals surface area contributed by atoms with Gasteiger partial charge in [-0.2, -0.15) is 0 Å². The highest BCUT2D eigenvalue weighted by molar-refractivity contribution is 8.00. The molecule has 7 heteroatoms. The smallest absolute Gasteiger partial charge is 0.199 e. The number of hydrogen-bond acceptors (Lipinski definition) is 4. The topological polar surface area (TPSA) is 63.6 Å². The maximum atomic E-state index is 11.6. The van der Waals surface area contributed by atoms with E-state index in [-0.39, 0.29) is 4.90 Å². The molecule has 1 rings (SSSR count). The summed E-state index contributed by atoms with van der Waals surface area (Å²) in [6, 6.07) is 6.35. The van der Waals surface area contributed by atoms with E-state index < -0.39 is 25.5 Å². The Bertz CT molecular complexity index is 515. The maximum absolute atomic E-state index is 11.6. The Morgan fingerprint density at radius 2 is 1.87 bits per heavy atom. The summed E-state index contributed by atoms with van der Waals surface area (Å²) in [5, 5.41) is 0. The fraction of sp³-hybridized carbons (Fsp3) is 0.250. The van der Waals surface area contributed by atoms with Crippen molar-refractivity contribution < 1.29 is 12.6 Å². The number of halogens is 1. The number of rotatable bonds is 3. The third-order valence-corrected chi connectivity index (χ3v) is 4.05. The van der Waals surface area contributed by atoms with Crippen LogP contribution in [0.1, 0.15) is 5.56 Å². The van der Waals surface area contributed by atoms with E-state index >= 15 is 0 Å². The summed E-state index contributed by atoms with van der Waals surface area (Å²) in [6.45, 7) is 1.86. The van der Waals surface area contributed by atoms with Crippen molar-refractivity contribution in [1.29, 1.82) is 0 Å². The van der Waals surface area contributed by atoms with E-state index in [1.807, 2.05) is 6.92 Å². The minimum Gasteiger partial charge on any atom is -0.237 e. The second-order valence-corrected chi connectivity index (χ2v) is 6.49. The molecule has 0 bridgehead atoms. The van der Waals surface area contributed by atoms with Crippen molar-refractivity contribution in [3.8, 4) is 0 Å². The van der Waals surface area contributed by atoms with Crippen LogP contribution in [0.4, 0.5) is 0 Å². The van der Waals surface area contributed by atoms with Crippen molar-refractivity contribution >= 4 is 30.3 Å². The second-order valence-electron chi connectivity index (χ2n) is 2.92. The van der Waals surface area contributed by atoms with Crippen LogP contribution in [0, 0.1) is 6.92 Å². The van der Waals surface area contributed by atoms with Crippen LogP contribution in [0.15, 0.2) is 33.5 Å². The van der Waals surface area contributed by atoms with Gasteiger partial charge in [-0.3, -0.25) is 0 Å². The van der Waals surface area contributed by atoms with Crippen LogP contribution in [0.5, 0.6) is 0 Å². The number of sulfone groups is 1. The standard InChI is InChI=1S/C8H10ClNO3S2/c1-7-2-4-8(5-3-7)15(12,13)6-10-14(9)11/h2-5,14H,6H2,1H3. The van der Waals surface area contributed by atoms with E-state index in [1.165, 1.54) is 12.1 Å². The van der Waals surface area contributed by atoms with E-state index in [0.717, 1.165) is 5.56 Å². The van der Waals surface area contributed by atoms with Gasteiger partial charge in [0.1, 0.15) is 9.81 Å². The zero-order chi connectivity index (χ0) is 11.5. The number of benzene rings is 1. The molecule has 0 fully saturated rings. The van der Waals surface area contributed by atoms with Crippen molar-refractivity contribution in [2.24, 2.45) is 4.36 Å². The first-order valence-corrected chi connectivity index (χ1v) is 7.78. The van der Waals surface area contributed by atoms with Gasteiger partial charge in [0.25, 0.3) is 0 Å². The van der Waals surface area contributed by atoms with Gasteiger partial charge in [0.2, 0.25) is 0 Å². The van der Waals surface area contributed by atoms with Gasteiger partial charge in [-0.25, -0.2) is 17.0 Å². The summed E-state index contributed by atoms with van der Waals surface area (Å²) in [6.07, 6.45) is 0. The molecule has 0 saturated heterocycles. The number of aryl methyl sites for hydroxylation is 1. The van der Waals surface area contributed by atoms with Gasteiger partial charge in [0, 0.05) is 0 Å². The zero-order valence-electron chi connectivity index (χ0n) is 7.92. The van der Waals surface area contributed by atoms with Crippen molar-refractivity contribution in [1.82, 2.24) is 0 Å². The van der Waals surface area contributed by atoms with Crippen molar-refractivity contribution in [2.45, 2.75) is 11.8 Å². The third-order valence-electron chi connectivity index (χ3n) is 1.72. The van der Waals surface area contributed by atoms with E-state index in [0.29, 0.717) is 0 Å². The van der Waals surface area contributed by atoms with E-state index in [1.54, 1.807) is 12.1 Å². The highest BCUT2D eigenvalue weighted by Crippen LogP contribution is 2.12. The lowest BCUT2D eigenvalue weighted by Gasteiger charge is -2.00. The van der Waals surface area contributed by atoms with Crippen LogP contribution in [0.25, 0.3) is 0 Å². The van der Waals surface area contributed by atoms with E-state index in [4.69, 9.17) is 10.7 Å². The Balaban J connectivity index is 3.02. The van der Waals surface area contributed by atoms with Gasteiger partial charge in [0.05, 0.1) is 4.90 Å². The third kappa shape index (κ3) is 3.81. The van der Waals surface area contributed by atoms with Crippen LogP contribution in [-0.4, -0.2) is 18.5 Å². The molecule has 0 aromatic heterocycles. The van der Waals surface area contributed by atoms with Crippen molar-refractivity contribution in [3.05, 3.63) is 29.8 Å². The summed E-state index contributed by atoms with van der Waals surface area (Å²) >= 11 is 0. The molecule has 0 amide bonds. The normalized spacial score (nSPS) is 14.0. The average molecular weight is 268 g/mol. The molecule has 0 saturated carbocycles. The first-order valence-electron chi connectivity index (χ1n) is 4.02. The number of nitrogens with zero attached hydrogens (tertiary/aromatic N) is 1. The molecule has 84 valence electrons. The molecule has 0 radical (unpaired) electrons. The predicted octanol–water partition coefficient (Wildman–Crippen LogP) is 1.54. The quantitative estimate of drug-likeness (QED) is 0.668. The Hall–Kier alpha value is -0.590. The predicted molar refractivity (Wildman–Crippen MR) is 61.1 cm³/mol. The molecule has 1 aromatic carbocycles. The monoisotopic (exact) mass is 267 g/mol. The summed E-state index contributed by atoms with van der Waals surface area (Å²) in [4.78, 5) is 0.158. The molecule has 1 unspecified atom stereocenters. The second kappa shape index (κ2) is 4.96. The summed E-state index contributed by atoms with van der Waals surface area (Å²) < 4.78 is 36.9. The minimum absolute atomic E-state index is 0.158. The molecule has 1 atom stereocenters. The molecular formula is C8H10ClNO3S2.